The zero-order chi connectivity index (χ0) is 10.4. The number of methoxy groups -OCH3 is 1. The van der Waals surface area contributed by atoms with E-state index in [0.29, 0.717) is 5.41 Å². The molecule has 0 aromatic heterocycles. The second-order valence-electron chi connectivity index (χ2n) is 3.99. The first-order chi connectivity index (χ1) is 6.72. The number of ether oxygens (including phenoxy) is 1. The van der Waals surface area contributed by atoms with E-state index >= 15 is 0 Å². The van der Waals surface area contributed by atoms with Crippen LogP contribution in [0.3, 0.4) is 0 Å². The number of hydrogen-bond acceptors (Lipinski definition) is 3. The lowest BCUT2D eigenvalue weighted by Crippen LogP contribution is -2.19. The van der Waals surface area contributed by atoms with Crippen LogP contribution in [0.25, 0.3) is 0 Å². The van der Waals surface area contributed by atoms with Crippen LogP contribution >= 0.6 is 0 Å². The van der Waals surface area contributed by atoms with Crippen LogP contribution in [0.4, 0.5) is 0 Å². The Hall–Kier alpha value is -0.990. The van der Waals surface area contributed by atoms with Crippen LogP contribution in [-0.2, 0) is 9.53 Å². The summed E-state index contributed by atoms with van der Waals surface area (Å²) in [7, 11) is 1.38. The van der Waals surface area contributed by atoms with E-state index in [2.05, 4.69) is 17.0 Å². The van der Waals surface area contributed by atoms with Crippen molar-refractivity contribution in [3.8, 4) is 0 Å². The predicted molar refractivity (Wildman–Crippen MR) is 55.7 cm³/mol. The molecule has 1 rings (SSSR count). The van der Waals surface area contributed by atoms with Gasteiger partial charge in [-0.1, -0.05) is 13.3 Å². The normalized spacial score (nSPS) is 18.1. The van der Waals surface area contributed by atoms with E-state index in [9.17, 15) is 4.79 Å². The second kappa shape index (κ2) is 5.03. The number of nitrogens with one attached hydrogen (secondary N) is 1. The van der Waals surface area contributed by atoms with Gasteiger partial charge < -0.3 is 10.1 Å². The molecule has 0 unspecified atom stereocenters. The quantitative estimate of drug-likeness (QED) is 0.521. The van der Waals surface area contributed by atoms with E-state index < -0.39 is 0 Å². The highest BCUT2D eigenvalue weighted by Gasteiger charge is 2.40. The lowest BCUT2D eigenvalue weighted by atomic mass is 10.0. The highest BCUT2D eigenvalue weighted by molar-refractivity contribution is 5.81. The van der Waals surface area contributed by atoms with Gasteiger partial charge in [0.25, 0.3) is 0 Å². The van der Waals surface area contributed by atoms with Crippen molar-refractivity contribution in [3.63, 3.8) is 0 Å². The summed E-state index contributed by atoms with van der Waals surface area (Å²) in [5, 5.41) is 3.16. The molecule has 1 N–H and O–H groups in total. The first kappa shape index (κ1) is 11.1. The molecule has 0 atom stereocenters. The smallest absolute Gasteiger partial charge is 0.331 e. The monoisotopic (exact) mass is 197 g/mol. The topological polar surface area (TPSA) is 38.3 Å². The first-order valence-electron chi connectivity index (χ1n) is 5.20. The van der Waals surface area contributed by atoms with Gasteiger partial charge in [-0.25, -0.2) is 4.79 Å². The molecular formula is C11H19NO2. The van der Waals surface area contributed by atoms with Crippen molar-refractivity contribution in [3.05, 3.63) is 12.3 Å². The number of esters is 1. The van der Waals surface area contributed by atoms with Crippen LogP contribution in [0, 0.1) is 5.41 Å². The molecule has 0 bridgehead atoms. The molecule has 1 aliphatic rings. The molecule has 0 spiro atoms. The minimum atomic E-state index is -0.308. The molecule has 0 aromatic carbocycles. The third-order valence-corrected chi connectivity index (χ3v) is 2.75. The lowest BCUT2D eigenvalue weighted by molar-refractivity contribution is -0.134. The van der Waals surface area contributed by atoms with Gasteiger partial charge in [0.15, 0.2) is 0 Å². The van der Waals surface area contributed by atoms with Gasteiger partial charge in [-0.2, -0.15) is 0 Å². The van der Waals surface area contributed by atoms with Crippen molar-refractivity contribution in [2.24, 2.45) is 5.41 Å². The average Bonchev–Trinajstić information content (AvgIpc) is 2.93. The lowest BCUT2D eigenvalue weighted by Gasteiger charge is -2.12. The standard InChI is InChI=1S/C11H19NO2/c1-3-5-11(6-7-11)9-12-8-4-10(13)14-2/h4,8,12H,3,5-7,9H2,1-2H3/b8-4+. The molecule has 1 saturated carbocycles. The predicted octanol–water partition coefficient (Wildman–Crippen LogP) is 1.84. The van der Waals surface area contributed by atoms with Crippen molar-refractivity contribution in [1.82, 2.24) is 5.32 Å². The Kier molecular flexibility index (Phi) is 3.98. The number of hydrogen-bond donors (Lipinski definition) is 1. The molecule has 1 aliphatic carbocycles. The Labute approximate surface area is 85.5 Å². The maximum atomic E-state index is 10.7. The molecule has 0 amide bonds. The summed E-state index contributed by atoms with van der Waals surface area (Å²) in [5.41, 5.74) is 0.523. The molecule has 1 fully saturated rings. The maximum Gasteiger partial charge on any atom is 0.331 e. The molecule has 14 heavy (non-hydrogen) atoms. The number of carbonyl (C=O) groups excluding carboxylic acids is 1. The molecule has 3 heteroatoms. The summed E-state index contributed by atoms with van der Waals surface area (Å²) in [6, 6.07) is 0. The van der Waals surface area contributed by atoms with Gasteiger partial charge in [0.1, 0.15) is 0 Å². The first-order valence-corrected chi connectivity index (χ1v) is 5.20. The summed E-state index contributed by atoms with van der Waals surface area (Å²) < 4.78 is 4.48. The summed E-state index contributed by atoms with van der Waals surface area (Å²) in [4.78, 5) is 10.7. The summed E-state index contributed by atoms with van der Waals surface area (Å²) in [6.07, 6.45) is 8.26. The molecule has 0 heterocycles. The Bertz CT molecular complexity index is 219. The zero-order valence-electron chi connectivity index (χ0n) is 9.01. The van der Waals surface area contributed by atoms with Gasteiger partial charge in [0, 0.05) is 18.8 Å². The summed E-state index contributed by atoms with van der Waals surface area (Å²) in [6.45, 7) is 3.19. The van der Waals surface area contributed by atoms with Gasteiger partial charge in [0.05, 0.1) is 7.11 Å². The molecule has 3 nitrogen and oxygen atoms in total. The summed E-state index contributed by atoms with van der Waals surface area (Å²) >= 11 is 0. The van der Waals surface area contributed by atoms with Crippen LogP contribution in [0.2, 0.25) is 0 Å². The van der Waals surface area contributed by atoms with Gasteiger partial charge in [-0.05, 0) is 24.7 Å². The van der Waals surface area contributed by atoms with E-state index in [1.54, 1.807) is 6.20 Å². The van der Waals surface area contributed by atoms with E-state index in [-0.39, 0.29) is 5.97 Å². The number of carbonyl (C=O) groups is 1. The zero-order valence-corrected chi connectivity index (χ0v) is 9.01. The maximum absolute atomic E-state index is 10.7. The van der Waals surface area contributed by atoms with Crippen molar-refractivity contribution in [2.75, 3.05) is 13.7 Å². The molecule has 80 valence electrons. The van der Waals surface area contributed by atoms with Crippen LogP contribution in [0.15, 0.2) is 12.3 Å². The van der Waals surface area contributed by atoms with Gasteiger partial charge in [0.2, 0.25) is 0 Å². The highest BCUT2D eigenvalue weighted by atomic mass is 16.5. The largest absolute Gasteiger partial charge is 0.466 e. The van der Waals surface area contributed by atoms with E-state index in [1.165, 1.54) is 38.9 Å². The minimum Gasteiger partial charge on any atom is -0.466 e. The Balaban J connectivity index is 2.15. The van der Waals surface area contributed by atoms with Gasteiger partial charge in [-0.15, -0.1) is 0 Å². The van der Waals surface area contributed by atoms with Crippen molar-refractivity contribution >= 4 is 5.97 Å². The van der Waals surface area contributed by atoms with Crippen LogP contribution in [0.1, 0.15) is 32.6 Å². The third kappa shape index (κ3) is 3.40. The molecule has 0 radical (unpaired) electrons. The average molecular weight is 197 g/mol. The highest BCUT2D eigenvalue weighted by Crippen LogP contribution is 2.48. The molecule has 0 saturated heterocycles. The van der Waals surface area contributed by atoms with E-state index in [0.717, 1.165) is 6.54 Å². The van der Waals surface area contributed by atoms with Crippen molar-refractivity contribution in [2.45, 2.75) is 32.6 Å². The molecule has 0 aromatic rings. The summed E-state index contributed by atoms with van der Waals surface area (Å²) in [5.74, 6) is -0.308. The Morgan fingerprint density at radius 1 is 1.57 bits per heavy atom. The van der Waals surface area contributed by atoms with Crippen LogP contribution in [-0.4, -0.2) is 19.6 Å². The van der Waals surface area contributed by atoms with Crippen molar-refractivity contribution < 1.29 is 9.53 Å². The van der Waals surface area contributed by atoms with Crippen LogP contribution < -0.4 is 5.32 Å². The van der Waals surface area contributed by atoms with Gasteiger partial charge >= 0.3 is 5.97 Å². The fourth-order valence-corrected chi connectivity index (χ4v) is 1.69. The van der Waals surface area contributed by atoms with Gasteiger partial charge in [-0.3, -0.25) is 0 Å². The molecule has 0 aliphatic heterocycles. The fraction of sp³-hybridized carbons (Fsp3) is 0.727. The Morgan fingerprint density at radius 2 is 2.29 bits per heavy atom. The van der Waals surface area contributed by atoms with Crippen LogP contribution in [0.5, 0.6) is 0 Å². The number of rotatable bonds is 6. The van der Waals surface area contributed by atoms with E-state index in [4.69, 9.17) is 0 Å². The fourth-order valence-electron chi connectivity index (χ4n) is 1.69. The molecular weight excluding hydrogens is 178 g/mol. The van der Waals surface area contributed by atoms with E-state index in [1.807, 2.05) is 0 Å². The Morgan fingerprint density at radius 3 is 2.79 bits per heavy atom. The third-order valence-electron chi connectivity index (χ3n) is 2.75. The SMILES string of the molecule is CCCC1(CN/C=C/C(=O)OC)CC1. The second-order valence-corrected chi connectivity index (χ2v) is 3.99. The van der Waals surface area contributed by atoms with Crippen molar-refractivity contribution in [1.29, 1.82) is 0 Å². The minimum absolute atomic E-state index is 0.308.